The Kier molecular flexibility index (Phi) is 11.4. The van der Waals surface area contributed by atoms with Gasteiger partial charge >= 0.3 is 0 Å². The first-order valence-corrected chi connectivity index (χ1v) is 8.39. The lowest BCUT2D eigenvalue weighted by Crippen LogP contribution is -2.22. The summed E-state index contributed by atoms with van der Waals surface area (Å²) in [5, 5.41) is 0. The van der Waals surface area contributed by atoms with Gasteiger partial charge < -0.3 is 0 Å². The van der Waals surface area contributed by atoms with E-state index in [4.69, 9.17) is 23.2 Å². The molecule has 1 unspecified atom stereocenters. The Balaban J connectivity index is 3.69. The molecule has 0 aromatic heterocycles. The van der Waals surface area contributed by atoms with Crippen molar-refractivity contribution in [2.24, 2.45) is 5.92 Å². The summed E-state index contributed by atoms with van der Waals surface area (Å²) >= 11 is 16.7. The lowest BCUT2D eigenvalue weighted by molar-refractivity contribution is 0.392. The minimum Gasteiger partial charge on any atom is -0.179 e. The van der Waals surface area contributed by atoms with Gasteiger partial charge in [0.15, 0.2) is 0 Å². The van der Waals surface area contributed by atoms with Crippen LogP contribution in [0.1, 0.15) is 71.6 Å². The van der Waals surface area contributed by atoms with Crippen LogP contribution in [0.15, 0.2) is 0 Å². The van der Waals surface area contributed by atoms with Gasteiger partial charge in [0.2, 0.25) is 0 Å². The predicted molar refractivity (Wildman–Crippen MR) is 84.7 cm³/mol. The number of hydrogen-bond acceptors (Lipinski definition) is 1. The second-order valence-corrected chi connectivity index (χ2v) is 7.29. The average molecular weight is 299 g/mol. The summed E-state index contributed by atoms with van der Waals surface area (Å²) in [5.41, 5.74) is 0. The fraction of sp³-hybridized carbons (Fsp3) is 1.00. The molecular weight excluding hydrogens is 271 g/mol. The Hall–Kier alpha value is 0.930. The van der Waals surface area contributed by atoms with Crippen LogP contribution in [0.5, 0.6) is 0 Å². The number of alkyl halides is 2. The molecule has 0 heterocycles. The van der Waals surface area contributed by atoms with E-state index in [0.717, 1.165) is 25.0 Å². The molecule has 0 nitrogen and oxygen atoms in total. The average Bonchev–Trinajstić information content (AvgIpc) is 2.25. The smallest absolute Gasteiger partial charge is 0.118 e. The quantitative estimate of drug-likeness (QED) is 0.260. The van der Waals surface area contributed by atoms with Crippen molar-refractivity contribution in [3.8, 4) is 0 Å². The van der Waals surface area contributed by atoms with Crippen LogP contribution >= 0.6 is 35.8 Å². The number of rotatable bonds is 11. The molecule has 0 bridgehead atoms. The molecule has 0 aliphatic heterocycles. The Morgan fingerprint density at radius 2 is 1.47 bits per heavy atom. The Morgan fingerprint density at radius 1 is 0.941 bits per heavy atom. The molecule has 0 saturated heterocycles. The molecule has 1 atom stereocenters. The Bertz CT molecular complexity index is 166. The molecule has 0 aromatic rings. The van der Waals surface area contributed by atoms with E-state index in [-0.39, 0.29) is 0 Å². The van der Waals surface area contributed by atoms with Crippen LogP contribution < -0.4 is 0 Å². The van der Waals surface area contributed by atoms with Crippen LogP contribution in [0, 0.1) is 5.92 Å². The van der Waals surface area contributed by atoms with Gasteiger partial charge in [-0.3, -0.25) is 0 Å². The largest absolute Gasteiger partial charge is 0.179 e. The van der Waals surface area contributed by atoms with E-state index in [1.165, 1.54) is 38.5 Å². The van der Waals surface area contributed by atoms with E-state index in [1.807, 2.05) is 6.92 Å². The normalized spacial score (nSPS) is 13.9. The van der Waals surface area contributed by atoms with Gasteiger partial charge in [0.05, 0.1) is 0 Å². The van der Waals surface area contributed by atoms with Gasteiger partial charge in [-0.05, 0) is 37.9 Å². The van der Waals surface area contributed by atoms with Crippen molar-refractivity contribution in [2.45, 2.75) is 76.0 Å². The molecule has 0 rings (SSSR count). The highest BCUT2D eigenvalue weighted by molar-refractivity contribution is 7.80. The number of unbranched alkanes of at least 4 members (excludes halogenated alkanes) is 5. The molecule has 0 saturated carbocycles. The van der Waals surface area contributed by atoms with Crippen molar-refractivity contribution in [2.75, 3.05) is 5.75 Å². The zero-order valence-electron chi connectivity index (χ0n) is 11.4. The molecule has 0 aliphatic carbocycles. The van der Waals surface area contributed by atoms with Crippen molar-refractivity contribution >= 4 is 35.8 Å². The van der Waals surface area contributed by atoms with Crippen molar-refractivity contribution in [1.82, 2.24) is 0 Å². The third kappa shape index (κ3) is 10.5. The second-order valence-electron chi connectivity index (χ2n) is 5.08. The number of hydrogen-bond donors (Lipinski definition) is 1. The Morgan fingerprint density at radius 3 is 2.00 bits per heavy atom. The van der Waals surface area contributed by atoms with Gasteiger partial charge in [-0.25, -0.2) is 0 Å². The van der Waals surface area contributed by atoms with Gasteiger partial charge in [0.1, 0.15) is 4.33 Å². The molecule has 0 aromatic carbocycles. The highest BCUT2D eigenvalue weighted by Crippen LogP contribution is 2.36. The predicted octanol–water partition coefficient (Wildman–Crippen LogP) is 6.26. The third-order valence-corrected chi connectivity index (χ3v) is 4.27. The minimum absolute atomic E-state index is 0.421. The van der Waals surface area contributed by atoms with E-state index >= 15 is 0 Å². The maximum atomic E-state index is 6.24. The zero-order chi connectivity index (χ0) is 13.1. The van der Waals surface area contributed by atoms with Crippen LogP contribution in [0.4, 0.5) is 0 Å². The second kappa shape index (κ2) is 10.8. The van der Waals surface area contributed by atoms with E-state index in [9.17, 15) is 0 Å². The highest BCUT2D eigenvalue weighted by Gasteiger charge is 2.28. The molecule has 0 radical (unpaired) electrons. The molecule has 0 spiro atoms. The molecule has 0 amide bonds. The summed E-state index contributed by atoms with van der Waals surface area (Å²) < 4.78 is -0.577. The first-order chi connectivity index (χ1) is 8.02. The van der Waals surface area contributed by atoms with E-state index in [2.05, 4.69) is 19.6 Å². The van der Waals surface area contributed by atoms with Crippen LogP contribution in [-0.2, 0) is 0 Å². The summed E-state index contributed by atoms with van der Waals surface area (Å²) in [6.07, 6.45) is 11.4. The van der Waals surface area contributed by atoms with Gasteiger partial charge in [0, 0.05) is 0 Å². The van der Waals surface area contributed by atoms with Crippen molar-refractivity contribution in [1.29, 1.82) is 0 Å². The maximum Gasteiger partial charge on any atom is 0.118 e. The molecule has 104 valence electrons. The maximum absolute atomic E-state index is 6.24. The lowest BCUT2D eigenvalue weighted by atomic mass is 9.93. The number of thiol groups is 1. The first-order valence-electron chi connectivity index (χ1n) is 7.01. The van der Waals surface area contributed by atoms with Crippen molar-refractivity contribution in [3.63, 3.8) is 0 Å². The summed E-state index contributed by atoms with van der Waals surface area (Å²) in [5.74, 6) is 1.35. The lowest BCUT2D eigenvalue weighted by Gasteiger charge is -2.26. The van der Waals surface area contributed by atoms with Gasteiger partial charge in [-0.2, -0.15) is 12.6 Å². The summed E-state index contributed by atoms with van der Waals surface area (Å²) in [6.45, 7) is 4.18. The summed E-state index contributed by atoms with van der Waals surface area (Å²) in [7, 11) is 0. The monoisotopic (exact) mass is 298 g/mol. The summed E-state index contributed by atoms with van der Waals surface area (Å²) in [6, 6.07) is 0. The van der Waals surface area contributed by atoms with Crippen molar-refractivity contribution < 1.29 is 0 Å². The van der Waals surface area contributed by atoms with Gasteiger partial charge in [-0.1, -0.05) is 45.4 Å². The van der Waals surface area contributed by atoms with Crippen LogP contribution in [0.2, 0.25) is 0 Å². The van der Waals surface area contributed by atoms with E-state index in [1.54, 1.807) is 0 Å². The van der Waals surface area contributed by atoms with Crippen LogP contribution in [0.3, 0.4) is 0 Å². The summed E-state index contributed by atoms with van der Waals surface area (Å²) in [4.78, 5) is 0. The van der Waals surface area contributed by atoms with Crippen LogP contribution in [-0.4, -0.2) is 10.1 Å². The topological polar surface area (TPSA) is 0 Å². The molecule has 0 N–H and O–H groups in total. The van der Waals surface area contributed by atoms with Crippen LogP contribution in [0.25, 0.3) is 0 Å². The molecular formula is C14H28Cl2S. The Labute approximate surface area is 123 Å². The molecule has 17 heavy (non-hydrogen) atoms. The number of halogens is 2. The van der Waals surface area contributed by atoms with E-state index in [0.29, 0.717) is 5.92 Å². The van der Waals surface area contributed by atoms with Gasteiger partial charge in [0.25, 0.3) is 0 Å². The first kappa shape index (κ1) is 17.9. The van der Waals surface area contributed by atoms with E-state index < -0.39 is 4.33 Å². The molecule has 0 aliphatic rings. The third-order valence-electron chi connectivity index (χ3n) is 3.33. The zero-order valence-corrected chi connectivity index (χ0v) is 13.8. The van der Waals surface area contributed by atoms with Gasteiger partial charge in [-0.15, -0.1) is 23.2 Å². The standard InChI is InChI=1S/C14H28Cl2S/c1-3-4-5-6-7-8-10-13(11-9-12-17)14(2,15)16/h13,17H,3-12H2,1-2H3. The minimum atomic E-state index is -0.577. The molecule has 0 fully saturated rings. The van der Waals surface area contributed by atoms with Crippen molar-refractivity contribution in [3.05, 3.63) is 0 Å². The molecule has 3 heteroatoms. The fourth-order valence-corrected chi connectivity index (χ4v) is 2.78. The SMILES string of the molecule is CCCCCCCCC(CCCS)C(C)(Cl)Cl. The highest BCUT2D eigenvalue weighted by atomic mass is 35.5. The fourth-order valence-electron chi connectivity index (χ4n) is 2.16.